The number of hydrogen-bond acceptors (Lipinski definition) is 1. The molecule has 1 aromatic rings. The van der Waals surface area contributed by atoms with Crippen molar-refractivity contribution in [2.24, 2.45) is 0 Å². The number of allylic oxidation sites excluding steroid dienone is 1. The van der Waals surface area contributed by atoms with Crippen LogP contribution >= 0.6 is 11.6 Å². The van der Waals surface area contributed by atoms with E-state index in [1.165, 1.54) is 5.56 Å². The predicted octanol–water partition coefficient (Wildman–Crippen LogP) is 2.70. The highest BCUT2D eigenvalue weighted by Crippen LogP contribution is 2.26. The molecule has 0 atom stereocenters. The third-order valence-corrected chi connectivity index (χ3v) is 1.89. The molecule has 1 heterocycles. The number of para-hydroxylation sites is 1. The van der Waals surface area contributed by atoms with Crippen molar-refractivity contribution in [2.75, 3.05) is 0 Å². The maximum absolute atomic E-state index is 5.68. The lowest BCUT2D eigenvalue weighted by Crippen LogP contribution is -1.99. The first-order valence-corrected chi connectivity index (χ1v) is 3.85. The van der Waals surface area contributed by atoms with E-state index in [0.717, 1.165) is 12.2 Å². The van der Waals surface area contributed by atoms with Crippen LogP contribution in [0.15, 0.2) is 35.6 Å². The molecular formula is C9H7ClO. The van der Waals surface area contributed by atoms with Crippen molar-refractivity contribution in [1.82, 2.24) is 0 Å². The van der Waals surface area contributed by atoms with Crippen LogP contribution in [0.25, 0.3) is 0 Å². The van der Waals surface area contributed by atoms with Crippen molar-refractivity contribution in [3.63, 3.8) is 0 Å². The largest absolute Gasteiger partial charge is 0.445 e. The van der Waals surface area contributed by atoms with Crippen molar-refractivity contribution in [2.45, 2.75) is 6.42 Å². The van der Waals surface area contributed by atoms with E-state index in [0.29, 0.717) is 5.22 Å². The molecule has 1 aromatic carbocycles. The number of halogens is 1. The maximum Gasteiger partial charge on any atom is 0.190 e. The van der Waals surface area contributed by atoms with E-state index in [2.05, 4.69) is 0 Å². The van der Waals surface area contributed by atoms with Gasteiger partial charge in [-0.1, -0.05) is 18.2 Å². The Kier molecular flexibility index (Phi) is 1.59. The van der Waals surface area contributed by atoms with E-state index in [-0.39, 0.29) is 0 Å². The van der Waals surface area contributed by atoms with E-state index in [9.17, 15) is 0 Å². The molecule has 11 heavy (non-hydrogen) atoms. The zero-order valence-corrected chi connectivity index (χ0v) is 6.64. The first-order chi connectivity index (χ1) is 5.36. The molecule has 1 nitrogen and oxygen atoms in total. The molecule has 56 valence electrons. The van der Waals surface area contributed by atoms with Gasteiger partial charge >= 0.3 is 0 Å². The van der Waals surface area contributed by atoms with Gasteiger partial charge in [-0.2, -0.15) is 0 Å². The summed E-state index contributed by atoms with van der Waals surface area (Å²) in [5, 5.41) is 0.476. The van der Waals surface area contributed by atoms with Gasteiger partial charge in [0, 0.05) is 0 Å². The topological polar surface area (TPSA) is 9.23 Å². The lowest BCUT2D eigenvalue weighted by Gasteiger charge is -2.12. The lowest BCUT2D eigenvalue weighted by atomic mass is 10.1. The SMILES string of the molecule is ClC1=CCc2ccccc2O1. The minimum absolute atomic E-state index is 0.476. The van der Waals surface area contributed by atoms with Crippen molar-refractivity contribution in [3.05, 3.63) is 41.1 Å². The monoisotopic (exact) mass is 166 g/mol. The van der Waals surface area contributed by atoms with Crippen molar-refractivity contribution < 1.29 is 4.74 Å². The van der Waals surface area contributed by atoms with Crippen molar-refractivity contribution >= 4 is 11.6 Å². The summed E-state index contributed by atoms with van der Waals surface area (Å²) in [7, 11) is 0. The maximum atomic E-state index is 5.68. The predicted molar refractivity (Wildman–Crippen MR) is 44.7 cm³/mol. The molecule has 0 saturated carbocycles. The van der Waals surface area contributed by atoms with Crippen LogP contribution in [0.3, 0.4) is 0 Å². The lowest BCUT2D eigenvalue weighted by molar-refractivity contribution is 0.446. The normalized spacial score (nSPS) is 14.8. The number of fused-ring (bicyclic) bond motifs is 1. The quantitative estimate of drug-likeness (QED) is 0.576. The summed E-state index contributed by atoms with van der Waals surface area (Å²) in [4.78, 5) is 0. The molecule has 0 amide bonds. The standard InChI is InChI=1S/C9H7ClO/c10-9-6-5-7-3-1-2-4-8(7)11-9/h1-4,6H,5H2. The Hall–Kier alpha value is -0.950. The summed E-state index contributed by atoms with van der Waals surface area (Å²) in [6.07, 6.45) is 2.74. The van der Waals surface area contributed by atoms with Crippen LogP contribution in [0, 0.1) is 0 Å². The Balaban J connectivity index is 2.42. The van der Waals surface area contributed by atoms with E-state index in [1.54, 1.807) is 0 Å². The van der Waals surface area contributed by atoms with E-state index in [1.807, 2.05) is 30.3 Å². The van der Waals surface area contributed by atoms with Crippen LogP contribution in [0.2, 0.25) is 0 Å². The van der Waals surface area contributed by atoms with E-state index < -0.39 is 0 Å². The third-order valence-electron chi connectivity index (χ3n) is 1.66. The summed E-state index contributed by atoms with van der Waals surface area (Å²) < 4.78 is 5.26. The molecule has 2 rings (SSSR count). The second kappa shape index (κ2) is 2.59. The molecule has 0 radical (unpaired) electrons. The van der Waals surface area contributed by atoms with Crippen LogP contribution in [-0.2, 0) is 6.42 Å². The summed E-state index contributed by atoms with van der Waals surface area (Å²) in [6, 6.07) is 7.89. The highest BCUT2D eigenvalue weighted by Gasteiger charge is 2.08. The highest BCUT2D eigenvalue weighted by atomic mass is 35.5. The Morgan fingerprint density at radius 2 is 2.09 bits per heavy atom. The zero-order valence-electron chi connectivity index (χ0n) is 5.88. The summed E-state index contributed by atoms with van der Waals surface area (Å²) in [5.41, 5.74) is 1.19. The average Bonchev–Trinajstić information content (AvgIpc) is 2.04. The molecule has 0 aliphatic carbocycles. The Bertz CT molecular complexity index is 304. The molecule has 0 spiro atoms. The first-order valence-electron chi connectivity index (χ1n) is 3.48. The van der Waals surface area contributed by atoms with Gasteiger partial charge in [-0.3, -0.25) is 0 Å². The minimum atomic E-state index is 0.476. The molecule has 1 aliphatic rings. The molecule has 0 bridgehead atoms. The Morgan fingerprint density at radius 3 is 3.00 bits per heavy atom. The van der Waals surface area contributed by atoms with Crippen molar-refractivity contribution in [3.8, 4) is 5.75 Å². The van der Waals surface area contributed by atoms with Gasteiger partial charge in [0.1, 0.15) is 5.75 Å². The fourth-order valence-corrected chi connectivity index (χ4v) is 1.27. The number of ether oxygens (including phenoxy) is 1. The molecule has 0 aromatic heterocycles. The van der Waals surface area contributed by atoms with Crippen LogP contribution in [0.4, 0.5) is 0 Å². The summed E-state index contributed by atoms with van der Waals surface area (Å²) >= 11 is 5.68. The van der Waals surface area contributed by atoms with Gasteiger partial charge in [-0.05, 0) is 35.7 Å². The third kappa shape index (κ3) is 1.24. The van der Waals surface area contributed by atoms with Crippen LogP contribution < -0.4 is 4.74 Å². The molecule has 0 fully saturated rings. The highest BCUT2D eigenvalue weighted by molar-refractivity contribution is 6.28. The van der Waals surface area contributed by atoms with Gasteiger partial charge in [-0.25, -0.2) is 0 Å². The summed E-state index contributed by atoms with van der Waals surface area (Å²) in [5.74, 6) is 0.875. The first kappa shape index (κ1) is 6.74. The van der Waals surface area contributed by atoms with Crippen LogP contribution in [0.1, 0.15) is 5.56 Å². The summed E-state index contributed by atoms with van der Waals surface area (Å²) in [6.45, 7) is 0. The molecule has 0 N–H and O–H groups in total. The molecule has 1 aliphatic heterocycles. The molecular weight excluding hydrogens is 160 g/mol. The fourth-order valence-electron chi connectivity index (χ4n) is 1.11. The van der Waals surface area contributed by atoms with Gasteiger partial charge in [0.15, 0.2) is 5.22 Å². The van der Waals surface area contributed by atoms with Gasteiger partial charge < -0.3 is 4.74 Å². The fraction of sp³-hybridized carbons (Fsp3) is 0.111. The van der Waals surface area contributed by atoms with Gasteiger partial charge in [-0.15, -0.1) is 0 Å². The zero-order chi connectivity index (χ0) is 7.68. The number of benzene rings is 1. The van der Waals surface area contributed by atoms with Gasteiger partial charge in [0.2, 0.25) is 0 Å². The van der Waals surface area contributed by atoms with E-state index in [4.69, 9.17) is 16.3 Å². The molecule has 0 unspecified atom stereocenters. The molecule has 2 heteroatoms. The Labute approximate surface area is 70.2 Å². The molecule has 0 saturated heterocycles. The van der Waals surface area contributed by atoms with Crippen molar-refractivity contribution in [1.29, 1.82) is 0 Å². The second-order valence-electron chi connectivity index (χ2n) is 2.42. The number of hydrogen-bond donors (Lipinski definition) is 0. The number of rotatable bonds is 0. The average molecular weight is 167 g/mol. The van der Waals surface area contributed by atoms with Gasteiger partial charge in [0.25, 0.3) is 0 Å². The van der Waals surface area contributed by atoms with Crippen LogP contribution in [0.5, 0.6) is 5.75 Å². The van der Waals surface area contributed by atoms with E-state index >= 15 is 0 Å². The smallest absolute Gasteiger partial charge is 0.190 e. The Morgan fingerprint density at radius 1 is 1.27 bits per heavy atom. The second-order valence-corrected chi connectivity index (χ2v) is 2.79. The van der Waals surface area contributed by atoms with Gasteiger partial charge in [0.05, 0.1) is 0 Å². The minimum Gasteiger partial charge on any atom is -0.445 e. The van der Waals surface area contributed by atoms with Crippen LogP contribution in [-0.4, -0.2) is 0 Å².